The summed E-state index contributed by atoms with van der Waals surface area (Å²) in [7, 11) is 0. The summed E-state index contributed by atoms with van der Waals surface area (Å²) < 4.78 is 5.43. The van der Waals surface area contributed by atoms with E-state index in [4.69, 9.17) is 4.74 Å². The Balaban J connectivity index is 2.94. The molecule has 0 N–H and O–H groups in total. The van der Waals surface area contributed by atoms with Crippen LogP contribution in [-0.2, 0) is 16.0 Å². The van der Waals surface area contributed by atoms with Gasteiger partial charge in [0.2, 0.25) is 5.78 Å². The summed E-state index contributed by atoms with van der Waals surface area (Å²) in [6, 6.07) is 5.62. The van der Waals surface area contributed by atoms with Crippen molar-refractivity contribution in [1.82, 2.24) is 0 Å². The Labute approximate surface area is 95.4 Å². The molecule has 0 amide bonds. The maximum absolute atomic E-state index is 11.3. The largest absolute Gasteiger partial charge is 0.494 e. The van der Waals surface area contributed by atoms with Gasteiger partial charge in [-0.25, -0.2) is 0 Å². The van der Waals surface area contributed by atoms with Crippen LogP contribution in [0.2, 0.25) is 0 Å². The van der Waals surface area contributed by atoms with E-state index in [-0.39, 0.29) is 12.2 Å². The smallest absolute Gasteiger partial charge is 0.202 e. The molecule has 1 rings (SSSR count). The van der Waals surface area contributed by atoms with E-state index in [1.165, 1.54) is 6.92 Å². The Morgan fingerprint density at radius 1 is 1.31 bits per heavy atom. The van der Waals surface area contributed by atoms with E-state index in [1.54, 1.807) is 0 Å². The highest BCUT2D eigenvalue weighted by Crippen LogP contribution is 2.21. The molecule has 16 heavy (non-hydrogen) atoms. The van der Waals surface area contributed by atoms with Gasteiger partial charge in [-0.2, -0.15) is 0 Å². The van der Waals surface area contributed by atoms with Gasteiger partial charge < -0.3 is 4.74 Å². The molecule has 0 saturated carbocycles. The van der Waals surface area contributed by atoms with Gasteiger partial charge in [0.1, 0.15) is 5.75 Å². The van der Waals surface area contributed by atoms with Crippen molar-refractivity contribution in [3.63, 3.8) is 0 Å². The topological polar surface area (TPSA) is 43.4 Å². The monoisotopic (exact) mass is 220 g/mol. The predicted octanol–water partition coefficient (Wildman–Crippen LogP) is 2.09. The third-order valence-corrected chi connectivity index (χ3v) is 2.27. The number of ketones is 2. The van der Waals surface area contributed by atoms with Gasteiger partial charge in [-0.15, -0.1) is 0 Å². The summed E-state index contributed by atoms with van der Waals surface area (Å²) in [6.45, 7) is 5.68. The number of aryl methyl sites for hydroxylation is 1. The molecule has 0 aliphatic carbocycles. The third kappa shape index (κ3) is 3.19. The summed E-state index contributed by atoms with van der Waals surface area (Å²) in [5.41, 5.74) is 1.84. The van der Waals surface area contributed by atoms with Gasteiger partial charge in [0.15, 0.2) is 5.78 Å². The first kappa shape index (κ1) is 12.4. The number of ether oxygens (including phenoxy) is 1. The van der Waals surface area contributed by atoms with Crippen molar-refractivity contribution in [1.29, 1.82) is 0 Å². The van der Waals surface area contributed by atoms with Crippen LogP contribution in [0.5, 0.6) is 5.75 Å². The predicted molar refractivity (Wildman–Crippen MR) is 61.7 cm³/mol. The molecule has 0 spiro atoms. The van der Waals surface area contributed by atoms with Crippen LogP contribution in [0.4, 0.5) is 0 Å². The highest BCUT2D eigenvalue weighted by atomic mass is 16.5. The lowest BCUT2D eigenvalue weighted by Gasteiger charge is -2.09. The number of rotatable bonds is 5. The minimum atomic E-state index is -0.414. The number of carbonyl (C=O) groups excluding carboxylic acids is 2. The SMILES string of the molecule is CCOc1cc(C)ccc1CC(=O)C(C)=O. The zero-order valence-corrected chi connectivity index (χ0v) is 9.87. The minimum Gasteiger partial charge on any atom is -0.494 e. The van der Waals surface area contributed by atoms with Crippen molar-refractivity contribution in [2.45, 2.75) is 27.2 Å². The van der Waals surface area contributed by atoms with Crippen LogP contribution in [0.3, 0.4) is 0 Å². The quantitative estimate of drug-likeness (QED) is 0.714. The van der Waals surface area contributed by atoms with Crippen molar-refractivity contribution in [2.75, 3.05) is 6.61 Å². The van der Waals surface area contributed by atoms with Crippen LogP contribution in [0.15, 0.2) is 18.2 Å². The van der Waals surface area contributed by atoms with E-state index in [0.29, 0.717) is 12.4 Å². The molecule has 1 aromatic carbocycles. The van der Waals surface area contributed by atoms with Crippen molar-refractivity contribution in [3.05, 3.63) is 29.3 Å². The Morgan fingerprint density at radius 2 is 2.00 bits per heavy atom. The zero-order chi connectivity index (χ0) is 12.1. The lowest BCUT2D eigenvalue weighted by molar-refractivity contribution is -0.134. The lowest BCUT2D eigenvalue weighted by atomic mass is 10.0. The van der Waals surface area contributed by atoms with Crippen LogP contribution >= 0.6 is 0 Å². The molecule has 0 radical (unpaired) electrons. The zero-order valence-electron chi connectivity index (χ0n) is 9.87. The van der Waals surface area contributed by atoms with E-state index >= 15 is 0 Å². The Kier molecular flexibility index (Phi) is 4.23. The molecule has 3 nitrogen and oxygen atoms in total. The number of Topliss-reactive ketones (excluding diaryl/α,β-unsaturated/α-hetero) is 2. The summed E-state index contributed by atoms with van der Waals surface area (Å²) in [4.78, 5) is 22.2. The van der Waals surface area contributed by atoms with Crippen LogP contribution in [-0.4, -0.2) is 18.2 Å². The maximum atomic E-state index is 11.3. The van der Waals surface area contributed by atoms with Crippen LogP contribution in [0.25, 0.3) is 0 Å². The first-order valence-electron chi connectivity index (χ1n) is 5.30. The molecule has 3 heteroatoms. The third-order valence-electron chi connectivity index (χ3n) is 2.27. The number of hydrogen-bond donors (Lipinski definition) is 0. The second kappa shape index (κ2) is 5.45. The number of hydrogen-bond acceptors (Lipinski definition) is 3. The molecule has 0 fully saturated rings. The number of carbonyl (C=O) groups is 2. The molecule has 0 unspecified atom stereocenters. The van der Waals surface area contributed by atoms with Gasteiger partial charge in [0, 0.05) is 18.9 Å². The van der Waals surface area contributed by atoms with Gasteiger partial charge in [-0.05, 0) is 25.5 Å². The van der Waals surface area contributed by atoms with Crippen LogP contribution < -0.4 is 4.74 Å². The second-order valence-corrected chi connectivity index (χ2v) is 3.70. The van der Waals surface area contributed by atoms with Gasteiger partial charge >= 0.3 is 0 Å². The van der Waals surface area contributed by atoms with E-state index in [1.807, 2.05) is 32.0 Å². The Bertz CT molecular complexity index is 408. The van der Waals surface area contributed by atoms with Gasteiger partial charge in [0.05, 0.1) is 6.61 Å². The normalized spacial score (nSPS) is 9.94. The standard InChI is InChI=1S/C13H16O3/c1-4-16-13-7-9(2)5-6-11(13)8-12(15)10(3)14/h5-7H,4,8H2,1-3H3. The van der Waals surface area contributed by atoms with Gasteiger partial charge in [0.25, 0.3) is 0 Å². The summed E-state index contributed by atoms with van der Waals surface area (Å²) in [5.74, 6) is -0.107. The fraction of sp³-hybridized carbons (Fsp3) is 0.385. The van der Waals surface area contributed by atoms with Crippen molar-refractivity contribution < 1.29 is 14.3 Å². The fourth-order valence-corrected chi connectivity index (χ4v) is 1.40. The van der Waals surface area contributed by atoms with E-state index in [2.05, 4.69) is 0 Å². The number of benzene rings is 1. The lowest BCUT2D eigenvalue weighted by Crippen LogP contribution is -2.13. The average molecular weight is 220 g/mol. The fourth-order valence-electron chi connectivity index (χ4n) is 1.40. The summed E-state index contributed by atoms with van der Waals surface area (Å²) in [6.07, 6.45) is 0.116. The first-order valence-corrected chi connectivity index (χ1v) is 5.30. The van der Waals surface area contributed by atoms with E-state index < -0.39 is 5.78 Å². The Morgan fingerprint density at radius 3 is 2.56 bits per heavy atom. The van der Waals surface area contributed by atoms with Gasteiger partial charge in [-0.1, -0.05) is 12.1 Å². The van der Waals surface area contributed by atoms with Crippen LogP contribution in [0.1, 0.15) is 25.0 Å². The van der Waals surface area contributed by atoms with E-state index in [9.17, 15) is 9.59 Å². The molecule has 0 aliphatic rings. The molecule has 0 aliphatic heterocycles. The molecule has 86 valence electrons. The van der Waals surface area contributed by atoms with Crippen molar-refractivity contribution in [3.8, 4) is 5.75 Å². The molecule has 0 bridgehead atoms. The van der Waals surface area contributed by atoms with Crippen molar-refractivity contribution >= 4 is 11.6 Å². The molecular weight excluding hydrogens is 204 g/mol. The highest BCUT2D eigenvalue weighted by Gasteiger charge is 2.12. The highest BCUT2D eigenvalue weighted by molar-refractivity contribution is 6.36. The minimum absolute atomic E-state index is 0.116. The van der Waals surface area contributed by atoms with Crippen LogP contribution in [0, 0.1) is 6.92 Å². The average Bonchev–Trinajstić information content (AvgIpc) is 2.22. The summed E-state index contributed by atoms with van der Waals surface area (Å²) in [5, 5.41) is 0. The molecule has 1 aromatic rings. The second-order valence-electron chi connectivity index (χ2n) is 3.70. The summed E-state index contributed by atoms with van der Waals surface area (Å²) >= 11 is 0. The van der Waals surface area contributed by atoms with Crippen molar-refractivity contribution in [2.24, 2.45) is 0 Å². The maximum Gasteiger partial charge on any atom is 0.202 e. The van der Waals surface area contributed by atoms with Gasteiger partial charge in [-0.3, -0.25) is 9.59 Å². The van der Waals surface area contributed by atoms with E-state index in [0.717, 1.165) is 11.1 Å². The molecular formula is C13H16O3. The molecule has 0 heterocycles. The molecule has 0 saturated heterocycles. The molecule has 0 atom stereocenters. The first-order chi connectivity index (χ1) is 7.54. The Hall–Kier alpha value is -1.64. The molecule has 0 aromatic heterocycles.